The molecule has 1 heterocycles. The maximum absolute atomic E-state index is 11.7. The molecular weight excluding hydrogens is 334 g/mol. The molecule has 2 aromatic carbocycles. The number of carbonyl (C=O) groups is 2. The quantitative estimate of drug-likeness (QED) is 0.682. The normalized spacial score (nSPS) is 11.8. The van der Waals surface area contributed by atoms with Gasteiger partial charge in [-0.2, -0.15) is 5.90 Å². The van der Waals surface area contributed by atoms with Gasteiger partial charge in [0.25, 0.3) is 5.91 Å². The van der Waals surface area contributed by atoms with Crippen molar-refractivity contribution in [3.63, 3.8) is 0 Å². The van der Waals surface area contributed by atoms with E-state index in [2.05, 4.69) is 9.82 Å². The average Bonchev–Trinajstić information content (AvgIpc) is 2.66. The van der Waals surface area contributed by atoms with E-state index in [0.717, 1.165) is 10.9 Å². The molecule has 7 heteroatoms. The molecule has 0 spiro atoms. The number of nitrogens with two attached hydrogens (primary N) is 2. The van der Waals surface area contributed by atoms with Gasteiger partial charge in [-0.15, -0.1) is 0 Å². The van der Waals surface area contributed by atoms with Gasteiger partial charge in [-0.05, 0) is 36.8 Å². The number of benzene rings is 2. The number of aromatic nitrogens is 1. The number of carbonyl (C=O) groups excluding carboxylic acids is 2. The van der Waals surface area contributed by atoms with Crippen LogP contribution in [0, 0.1) is 0 Å². The van der Waals surface area contributed by atoms with E-state index in [0.29, 0.717) is 11.3 Å². The Balaban J connectivity index is 1.92. The van der Waals surface area contributed by atoms with E-state index in [1.54, 1.807) is 37.3 Å². The first-order valence-electron chi connectivity index (χ1n) is 7.87. The van der Waals surface area contributed by atoms with Crippen molar-refractivity contribution >= 4 is 22.8 Å². The summed E-state index contributed by atoms with van der Waals surface area (Å²) >= 11 is 0. The molecule has 132 valence electrons. The zero-order valence-electron chi connectivity index (χ0n) is 14.0. The molecule has 0 aliphatic rings. The zero-order valence-corrected chi connectivity index (χ0v) is 14.0. The molecule has 0 fully saturated rings. The second-order valence-electron chi connectivity index (χ2n) is 5.73. The summed E-state index contributed by atoms with van der Waals surface area (Å²) in [6.07, 6.45) is 0. The first-order chi connectivity index (χ1) is 12.5. The van der Waals surface area contributed by atoms with Gasteiger partial charge in [-0.3, -0.25) is 4.79 Å². The van der Waals surface area contributed by atoms with Crippen molar-refractivity contribution in [3.8, 4) is 11.6 Å². The Morgan fingerprint density at radius 2 is 1.77 bits per heavy atom. The molecule has 0 saturated carbocycles. The Morgan fingerprint density at radius 1 is 1.08 bits per heavy atom. The molecule has 4 N–H and O–H groups in total. The number of primary amides is 1. The fraction of sp³-hybridized carbons (Fsp3) is 0.105. The molecule has 0 saturated heterocycles. The average molecular weight is 351 g/mol. The van der Waals surface area contributed by atoms with E-state index in [1.165, 1.54) is 0 Å². The summed E-state index contributed by atoms with van der Waals surface area (Å²) in [5.41, 5.74) is 7.04. The molecule has 3 rings (SSSR count). The number of hydrogen-bond donors (Lipinski definition) is 2. The monoisotopic (exact) mass is 351 g/mol. The summed E-state index contributed by atoms with van der Waals surface area (Å²) < 4.78 is 5.75. The first kappa shape index (κ1) is 17.4. The van der Waals surface area contributed by atoms with E-state index >= 15 is 0 Å². The van der Waals surface area contributed by atoms with Crippen molar-refractivity contribution in [2.45, 2.75) is 12.8 Å². The third-order valence-corrected chi connectivity index (χ3v) is 4.02. The van der Waals surface area contributed by atoms with Crippen molar-refractivity contribution in [1.82, 2.24) is 4.98 Å². The number of pyridine rings is 1. The Bertz CT molecular complexity index is 970. The third kappa shape index (κ3) is 3.47. The van der Waals surface area contributed by atoms with Gasteiger partial charge in [-0.1, -0.05) is 30.3 Å². The summed E-state index contributed by atoms with van der Waals surface area (Å²) in [5, 5.41) is 0.790. The zero-order chi connectivity index (χ0) is 18.7. The molecule has 0 bridgehead atoms. The van der Waals surface area contributed by atoms with Crippen molar-refractivity contribution in [3.05, 3.63) is 65.7 Å². The van der Waals surface area contributed by atoms with Gasteiger partial charge in [0.1, 0.15) is 11.3 Å². The van der Waals surface area contributed by atoms with Crippen LogP contribution in [0.1, 0.15) is 28.8 Å². The van der Waals surface area contributed by atoms with Gasteiger partial charge >= 0.3 is 5.97 Å². The number of ether oxygens (including phenoxy) is 1. The number of amides is 1. The highest BCUT2D eigenvalue weighted by atomic mass is 16.7. The number of rotatable bonds is 5. The number of hydrogen-bond acceptors (Lipinski definition) is 6. The lowest BCUT2D eigenvalue weighted by molar-refractivity contribution is -0.145. The minimum Gasteiger partial charge on any atom is -0.438 e. The summed E-state index contributed by atoms with van der Waals surface area (Å²) in [6, 6.07) is 15.7. The highest BCUT2D eigenvalue weighted by molar-refractivity contribution is 5.98. The van der Waals surface area contributed by atoms with E-state index in [-0.39, 0.29) is 11.4 Å². The smallest absolute Gasteiger partial charge is 0.331 e. The Hall–Kier alpha value is -3.45. The predicted molar refractivity (Wildman–Crippen MR) is 95.5 cm³/mol. The standard InChI is InChI=1S/C19H17N3O4/c1-11(19(24)26-21)12-6-8-14(9-7-12)25-18-15(17(20)23)10-13-4-2-3-5-16(13)22-18/h2-11H,21H2,1H3,(H2,20,23). The van der Waals surface area contributed by atoms with Crippen LogP contribution in [0.4, 0.5) is 0 Å². The molecule has 1 aromatic heterocycles. The molecular formula is C19H17N3O4. The van der Waals surface area contributed by atoms with E-state index < -0.39 is 17.8 Å². The van der Waals surface area contributed by atoms with E-state index in [9.17, 15) is 9.59 Å². The molecule has 1 amide bonds. The van der Waals surface area contributed by atoms with Crippen molar-refractivity contribution in [2.75, 3.05) is 0 Å². The van der Waals surface area contributed by atoms with Crippen LogP contribution in [0.5, 0.6) is 11.6 Å². The highest BCUT2D eigenvalue weighted by Crippen LogP contribution is 2.28. The highest BCUT2D eigenvalue weighted by Gasteiger charge is 2.17. The van der Waals surface area contributed by atoms with Gasteiger partial charge in [0.05, 0.1) is 11.4 Å². The lowest BCUT2D eigenvalue weighted by Crippen LogP contribution is -2.16. The van der Waals surface area contributed by atoms with Gasteiger partial charge < -0.3 is 15.3 Å². The summed E-state index contributed by atoms with van der Waals surface area (Å²) in [7, 11) is 0. The number of para-hydroxylation sites is 1. The minimum absolute atomic E-state index is 0.123. The van der Waals surface area contributed by atoms with Crippen LogP contribution in [0.15, 0.2) is 54.6 Å². The van der Waals surface area contributed by atoms with Gasteiger partial charge in [0.2, 0.25) is 5.88 Å². The molecule has 0 aliphatic carbocycles. The van der Waals surface area contributed by atoms with Crippen LogP contribution < -0.4 is 16.4 Å². The largest absolute Gasteiger partial charge is 0.438 e. The van der Waals surface area contributed by atoms with Crippen LogP contribution in [0.3, 0.4) is 0 Å². The molecule has 0 radical (unpaired) electrons. The molecule has 3 aromatic rings. The summed E-state index contributed by atoms with van der Waals surface area (Å²) in [4.78, 5) is 31.9. The lowest BCUT2D eigenvalue weighted by atomic mass is 10.0. The van der Waals surface area contributed by atoms with Crippen LogP contribution >= 0.6 is 0 Å². The lowest BCUT2D eigenvalue weighted by Gasteiger charge is -2.12. The molecule has 0 aliphatic heterocycles. The number of nitrogens with zero attached hydrogens (tertiary/aromatic N) is 1. The van der Waals surface area contributed by atoms with Gasteiger partial charge in [0.15, 0.2) is 0 Å². The molecule has 1 atom stereocenters. The second-order valence-corrected chi connectivity index (χ2v) is 5.73. The Morgan fingerprint density at radius 3 is 2.42 bits per heavy atom. The predicted octanol–water partition coefficient (Wildman–Crippen LogP) is 2.65. The van der Waals surface area contributed by atoms with Crippen LogP contribution in [-0.4, -0.2) is 16.9 Å². The van der Waals surface area contributed by atoms with Crippen LogP contribution in [-0.2, 0) is 9.63 Å². The van der Waals surface area contributed by atoms with Crippen LogP contribution in [0.2, 0.25) is 0 Å². The van der Waals surface area contributed by atoms with E-state index in [1.807, 2.05) is 24.3 Å². The molecule has 7 nitrogen and oxygen atoms in total. The summed E-state index contributed by atoms with van der Waals surface area (Å²) in [5.74, 6) is 3.81. The van der Waals surface area contributed by atoms with E-state index in [4.69, 9.17) is 16.4 Å². The third-order valence-electron chi connectivity index (χ3n) is 4.02. The second kappa shape index (κ2) is 7.20. The minimum atomic E-state index is -0.630. The van der Waals surface area contributed by atoms with Crippen molar-refractivity contribution in [1.29, 1.82) is 0 Å². The maximum Gasteiger partial charge on any atom is 0.331 e. The Kier molecular flexibility index (Phi) is 4.81. The van der Waals surface area contributed by atoms with Crippen molar-refractivity contribution < 1.29 is 19.2 Å². The Labute approximate surface area is 149 Å². The number of fused-ring (bicyclic) bond motifs is 1. The van der Waals surface area contributed by atoms with Gasteiger partial charge in [-0.25, -0.2) is 9.78 Å². The van der Waals surface area contributed by atoms with Crippen molar-refractivity contribution in [2.24, 2.45) is 11.6 Å². The SMILES string of the molecule is CC(C(=O)ON)c1ccc(Oc2nc3ccccc3cc2C(N)=O)cc1. The first-order valence-corrected chi connectivity index (χ1v) is 7.87. The maximum atomic E-state index is 11.7. The summed E-state index contributed by atoms with van der Waals surface area (Å²) in [6.45, 7) is 1.68. The molecule has 26 heavy (non-hydrogen) atoms. The van der Waals surface area contributed by atoms with Crippen LogP contribution in [0.25, 0.3) is 10.9 Å². The van der Waals surface area contributed by atoms with Gasteiger partial charge in [0, 0.05) is 5.39 Å². The fourth-order valence-corrected chi connectivity index (χ4v) is 2.53. The topological polar surface area (TPSA) is 118 Å². The fourth-order valence-electron chi connectivity index (χ4n) is 2.53. The molecule has 1 unspecified atom stereocenters.